The van der Waals surface area contributed by atoms with Crippen LogP contribution < -0.4 is 4.74 Å². The maximum atomic E-state index is 14.2. The maximum Gasteiger partial charge on any atom is 0.343 e. The van der Waals surface area contributed by atoms with Gasteiger partial charge in [0.1, 0.15) is 5.75 Å². The molecule has 0 saturated carbocycles. The molecule has 1 N–H and O–H groups in total. The SMILES string of the molecule is COc1ccccc1C(C)(C)C(=O)N1CCC(F)(C(=O)O)C1. The van der Waals surface area contributed by atoms with Gasteiger partial charge in [-0.05, 0) is 19.9 Å². The quantitative estimate of drug-likeness (QED) is 0.924. The van der Waals surface area contributed by atoms with Gasteiger partial charge in [0.25, 0.3) is 0 Å². The second kappa shape index (κ2) is 5.59. The van der Waals surface area contributed by atoms with Gasteiger partial charge >= 0.3 is 5.97 Å². The largest absolute Gasteiger partial charge is 0.496 e. The number of hydrogen-bond donors (Lipinski definition) is 1. The van der Waals surface area contributed by atoms with E-state index in [1.807, 2.05) is 0 Å². The third kappa shape index (κ3) is 2.65. The van der Waals surface area contributed by atoms with Crippen LogP contribution in [0.4, 0.5) is 4.39 Å². The first kappa shape index (κ1) is 16.3. The molecule has 1 aliphatic heterocycles. The number of carbonyl (C=O) groups excluding carboxylic acids is 1. The third-order valence-electron chi connectivity index (χ3n) is 4.20. The number of carboxylic acid groups (broad SMARTS) is 1. The van der Waals surface area contributed by atoms with E-state index in [2.05, 4.69) is 0 Å². The van der Waals surface area contributed by atoms with Crippen LogP contribution in [0.25, 0.3) is 0 Å². The van der Waals surface area contributed by atoms with Gasteiger partial charge in [0, 0.05) is 18.5 Å². The molecule has 1 fully saturated rings. The van der Waals surface area contributed by atoms with Gasteiger partial charge in [0.2, 0.25) is 11.6 Å². The smallest absolute Gasteiger partial charge is 0.343 e. The molecule has 1 aromatic rings. The van der Waals surface area contributed by atoms with Crippen molar-refractivity contribution in [3.63, 3.8) is 0 Å². The summed E-state index contributed by atoms with van der Waals surface area (Å²) in [6.45, 7) is 3.14. The average Bonchev–Trinajstić information content (AvgIpc) is 2.90. The van der Waals surface area contributed by atoms with Gasteiger partial charge in [-0.1, -0.05) is 18.2 Å². The molecule has 1 unspecified atom stereocenters. The highest BCUT2D eigenvalue weighted by Crippen LogP contribution is 2.35. The lowest BCUT2D eigenvalue weighted by atomic mass is 9.82. The van der Waals surface area contributed by atoms with E-state index >= 15 is 0 Å². The molecule has 22 heavy (non-hydrogen) atoms. The normalized spacial score (nSPS) is 21.7. The summed E-state index contributed by atoms with van der Waals surface area (Å²) in [6, 6.07) is 7.14. The van der Waals surface area contributed by atoms with Crippen LogP contribution >= 0.6 is 0 Å². The Kier molecular flexibility index (Phi) is 4.13. The highest BCUT2D eigenvalue weighted by Gasteiger charge is 2.49. The number of benzene rings is 1. The molecular weight excluding hydrogens is 289 g/mol. The van der Waals surface area contributed by atoms with E-state index in [4.69, 9.17) is 9.84 Å². The summed E-state index contributed by atoms with van der Waals surface area (Å²) in [7, 11) is 1.52. The molecule has 6 heteroatoms. The second-order valence-corrected chi connectivity index (χ2v) is 6.07. The fourth-order valence-electron chi connectivity index (χ4n) is 2.79. The first-order chi connectivity index (χ1) is 10.2. The lowest BCUT2D eigenvalue weighted by molar-refractivity contribution is -0.150. The zero-order valence-corrected chi connectivity index (χ0v) is 12.9. The van der Waals surface area contributed by atoms with Crippen LogP contribution in [-0.2, 0) is 15.0 Å². The van der Waals surface area contributed by atoms with Gasteiger partial charge in [-0.15, -0.1) is 0 Å². The summed E-state index contributed by atoms with van der Waals surface area (Å²) in [4.78, 5) is 25.0. The van der Waals surface area contributed by atoms with Crippen LogP contribution in [0.2, 0.25) is 0 Å². The maximum absolute atomic E-state index is 14.2. The van der Waals surface area contributed by atoms with E-state index in [-0.39, 0.29) is 18.9 Å². The summed E-state index contributed by atoms with van der Waals surface area (Å²) in [5.74, 6) is -1.25. The Labute approximate surface area is 128 Å². The number of para-hydroxylation sites is 1. The van der Waals surface area contributed by atoms with Crippen LogP contribution in [-0.4, -0.2) is 47.8 Å². The van der Waals surface area contributed by atoms with Gasteiger partial charge in [-0.2, -0.15) is 0 Å². The molecule has 2 rings (SSSR count). The van der Waals surface area contributed by atoms with E-state index in [0.717, 1.165) is 0 Å². The zero-order chi connectivity index (χ0) is 16.5. The molecule has 0 aliphatic carbocycles. The van der Waals surface area contributed by atoms with Crippen molar-refractivity contribution in [2.75, 3.05) is 20.2 Å². The van der Waals surface area contributed by atoms with Crippen molar-refractivity contribution in [3.8, 4) is 5.75 Å². The molecule has 0 spiro atoms. The molecule has 0 bridgehead atoms. The summed E-state index contributed by atoms with van der Waals surface area (Å²) in [6.07, 6.45) is -0.184. The Hall–Kier alpha value is -2.11. The number of halogens is 1. The molecule has 1 amide bonds. The van der Waals surface area contributed by atoms with Crippen molar-refractivity contribution in [2.45, 2.75) is 31.4 Å². The number of amides is 1. The van der Waals surface area contributed by atoms with Gasteiger partial charge in [-0.3, -0.25) is 4.79 Å². The molecule has 1 heterocycles. The Balaban J connectivity index is 2.27. The van der Waals surface area contributed by atoms with Crippen molar-refractivity contribution in [3.05, 3.63) is 29.8 Å². The highest BCUT2D eigenvalue weighted by molar-refractivity contribution is 5.90. The van der Waals surface area contributed by atoms with Gasteiger partial charge < -0.3 is 14.7 Å². The molecule has 120 valence electrons. The summed E-state index contributed by atoms with van der Waals surface area (Å²) >= 11 is 0. The van der Waals surface area contributed by atoms with Crippen molar-refractivity contribution in [1.82, 2.24) is 4.90 Å². The van der Waals surface area contributed by atoms with Gasteiger partial charge in [-0.25, -0.2) is 9.18 Å². The third-order valence-corrected chi connectivity index (χ3v) is 4.20. The van der Waals surface area contributed by atoms with E-state index in [9.17, 15) is 14.0 Å². The van der Waals surface area contributed by atoms with Crippen LogP contribution in [0, 0.1) is 0 Å². The van der Waals surface area contributed by atoms with Crippen molar-refractivity contribution in [2.24, 2.45) is 0 Å². The number of methoxy groups -OCH3 is 1. The Bertz CT molecular complexity index is 602. The lowest BCUT2D eigenvalue weighted by Gasteiger charge is -2.31. The number of carbonyl (C=O) groups is 2. The average molecular weight is 309 g/mol. The summed E-state index contributed by atoms with van der Waals surface area (Å²) in [5.41, 5.74) is -2.60. The topological polar surface area (TPSA) is 66.8 Å². The van der Waals surface area contributed by atoms with E-state index in [0.29, 0.717) is 11.3 Å². The minimum atomic E-state index is -2.35. The molecule has 0 radical (unpaired) electrons. The predicted molar refractivity (Wildman–Crippen MR) is 78.7 cm³/mol. The zero-order valence-electron chi connectivity index (χ0n) is 12.9. The van der Waals surface area contributed by atoms with Gasteiger partial charge in [0.15, 0.2) is 0 Å². The predicted octanol–water partition coefficient (Wildman–Crippen LogP) is 2.00. The van der Waals surface area contributed by atoms with Crippen LogP contribution in [0.5, 0.6) is 5.75 Å². The number of likely N-dealkylation sites (tertiary alicyclic amines) is 1. The molecule has 1 aromatic carbocycles. The van der Waals surface area contributed by atoms with Crippen LogP contribution in [0.1, 0.15) is 25.8 Å². The van der Waals surface area contributed by atoms with Crippen LogP contribution in [0.15, 0.2) is 24.3 Å². The minimum Gasteiger partial charge on any atom is -0.496 e. The first-order valence-corrected chi connectivity index (χ1v) is 7.07. The van der Waals surface area contributed by atoms with E-state index in [1.165, 1.54) is 12.0 Å². The molecule has 5 nitrogen and oxygen atoms in total. The first-order valence-electron chi connectivity index (χ1n) is 7.07. The molecule has 0 aromatic heterocycles. The summed E-state index contributed by atoms with van der Waals surface area (Å²) in [5, 5.41) is 8.94. The van der Waals surface area contributed by atoms with E-state index in [1.54, 1.807) is 38.1 Å². The number of aliphatic carboxylic acids is 1. The number of rotatable bonds is 4. The number of carboxylic acids is 1. The number of hydrogen-bond acceptors (Lipinski definition) is 3. The molecule has 1 atom stereocenters. The van der Waals surface area contributed by atoms with Crippen LogP contribution in [0.3, 0.4) is 0 Å². The highest BCUT2D eigenvalue weighted by atomic mass is 19.1. The number of ether oxygens (including phenoxy) is 1. The molecule has 1 aliphatic rings. The Morgan fingerprint density at radius 2 is 2.00 bits per heavy atom. The lowest BCUT2D eigenvalue weighted by Crippen LogP contribution is -2.45. The minimum absolute atomic E-state index is 0.0974. The second-order valence-electron chi connectivity index (χ2n) is 6.07. The fraction of sp³-hybridized carbons (Fsp3) is 0.500. The molecule has 1 saturated heterocycles. The number of nitrogens with zero attached hydrogens (tertiary/aromatic N) is 1. The van der Waals surface area contributed by atoms with E-state index < -0.39 is 23.6 Å². The summed E-state index contributed by atoms with van der Waals surface area (Å²) < 4.78 is 19.4. The Morgan fingerprint density at radius 3 is 2.55 bits per heavy atom. The van der Waals surface area contributed by atoms with Crippen molar-refractivity contribution >= 4 is 11.9 Å². The molecular formula is C16H20FNO4. The Morgan fingerprint density at radius 1 is 1.36 bits per heavy atom. The van der Waals surface area contributed by atoms with Crippen molar-refractivity contribution < 1.29 is 23.8 Å². The fourth-order valence-corrected chi connectivity index (χ4v) is 2.79. The standard InChI is InChI=1S/C16H20FNO4/c1-15(2,11-6-4-5-7-12(11)22-3)13(19)18-9-8-16(17,10-18)14(20)21/h4-7H,8-10H2,1-3H3,(H,20,21). The number of alkyl halides is 1. The monoisotopic (exact) mass is 309 g/mol. The van der Waals surface area contributed by atoms with Crippen molar-refractivity contribution in [1.29, 1.82) is 0 Å². The van der Waals surface area contributed by atoms with Gasteiger partial charge in [0.05, 0.1) is 19.1 Å².